The van der Waals surface area contributed by atoms with Crippen molar-refractivity contribution in [2.75, 3.05) is 0 Å². The molecule has 0 amide bonds. The molecule has 7 heteroatoms. The molecular formula is C66H68N6Zr-6. The van der Waals surface area contributed by atoms with Gasteiger partial charge in [-0.15, -0.1) is 49.4 Å². The summed E-state index contributed by atoms with van der Waals surface area (Å²) in [5, 5.41) is 26.0. The predicted molar refractivity (Wildman–Crippen MR) is 306 cm³/mol. The van der Waals surface area contributed by atoms with Crippen LogP contribution in [0.15, 0.2) is 218 Å². The molecule has 0 aliphatic heterocycles. The molecule has 12 rings (SSSR count). The van der Waals surface area contributed by atoms with Crippen molar-refractivity contribution in [3.63, 3.8) is 0 Å². The van der Waals surface area contributed by atoms with Crippen LogP contribution in [-0.4, -0.2) is 21.2 Å². The Balaban J connectivity index is 0.000000152. The number of rotatable bonds is 12. The second-order valence-electron chi connectivity index (χ2n) is 19.0. The van der Waals surface area contributed by atoms with E-state index in [2.05, 4.69) is 181 Å². The van der Waals surface area contributed by atoms with Crippen molar-refractivity contribution in [2.24, 2.45) is 0 Å². The van der Waals surface area contributed by atoms with Gasteiger partial charge in [-0.2, -0.15) is 61.8 Å². The minimum Gasteiger partial charge on any atom is -0.658 e. The van der Waals surface area contributed by atoms with Crippen molar-refractivity contribution in [1.29, 1.82) is 0 Å². The van der Waals surface area contributed by atoms with Crippen LogP contribution in [0.1, 0.15) is 99.0 Å². The molecule has 2 saturated carbocycles. The molecule has 0 N–H and O–H groups in total. The standard InChI is InChI=1S/2C26H27N3.2C7H7.Zr/c2*1-3-11-20(12-4-1)19-27-26(28-21-13-5-2-6-14-21)29-24-17-9-7-15-22(24)23-16-8-10-18-25(23)29;2*1-7-5-3-2-4-6-7;/h2*1,3-4,7-12,15-18,21,26H,2,5-6,13-14,19H2;2*2-6H,1H2;/q2*-2;2*-1;. The van der Waals surface area contributed by atoms with E-state index in [0.29, 0.717) is 25.2 Å². The first-order chi connectivity index (χ1) is 35.6. The summed E-state index contributed by atoms with van der Waals surface area (Å²) in [7, 11) is 0. The molecule has 6 nitrogen and oxygen atoms in total. The van der Waals surface area contributed by atoms with E-state index in [0.717, 1.165) is 11.1 Å². The van der Waals surface area contributed by atoms with Crippen molar-refractivity contribution in [3.8, 4) is 0 Å². The van der Waals surface area contributed by atoms with Crippen LogP contribution in [0, 0.1) is 13.8 Å². The number of hydrogen-bond donors (Lipinski definition) is 0. The minimum absolute atomic E-state index is 0. The van der Waals surface area contributed by atoms with Gasteiger partial charge in [-0.05, 0) is 24.3 Å². The van der Waals surface area contributed by atoms with E-state index in [4.69, 9.17) is 21.3 Å². The van der Waals surface area contributed by atoms with Crippen LogP contribution >= 0.6 is 0 Å². The third-order valence-electron chi connectivity index (χ3n) is 13.8. The van der Waals surface area contributed by atoms with Crippen LogP contribution in [0.5, 0.6) is 0 Å². The van der Waals surface area contributed by atoms with E-state index >= 15 is 0 Å². The Kier molecular flexibility index (Phi) is 20.2. The van der Waals surface area contributed by atoms with Crippen molar-refractivity contribution in [3.05, 3.63) is 276 Å². The van der Waals surface area contributed by atoms with Crippen LogP contribution in [0.25, 0.3) is 64.9 Å². The number of para-hydroxylation sites is 4. The number of nitrogens with zero attached hydrogens (tertiary/aromatic N) is 6. The molecule has 2 aliphatic rings. The minimum atomic E-state index is -0.192. The van der Waals surface area contributed by atoms with Gasteiger partial charge in [0.1, 0.15) is 0 Å². The Morgan fingerprint density at radius 2 is 0.603 bits per heavy atom. The molecule has 372 valence electrons. The average molecular weight is 1040 g/mol. The Labute approximate surface area is 453 Å². The predicted octanol–water partition coefficient (Wildman–Crippen LogP) is 18.8. The fourth-order valence-corrected chi connectivity index (χ4v) is 10.1. The zero-order valence-electron chi connectivity index (χ0n) is 42.2. The van der Waals surface area contributed by atoms with Crippen LogP contribution in [0.3, 0.4) is 0 Å². The zero-order chi connectivity index (χ0) is 49.2. The van der Waals surface area contributed by atoms with Gasteiger partial charge in [0.15, 0.2) is 0 Å². The summed E-state index contributed by atoms with van der Waals surface area (Å²) in [4.78, 5) is 0. The first-order valence-electron chi connectivity index (χ1n) is 26.1. The van der Waals surface area contributed by atoms with E-state index in [1.807, 2.05) is 60.7 Å². The Bertz CT molecular complexity index is 2820. The maximum atomic E-state index is 5.29. The molecule has 73 heavy (non-hydrogen) atoms. The summed E-state index contributed by atoms with van der Waals surface area (Å²) in [5.41, 5.74) is 9.48. The summed E-state index contributed by atoms with van der Waals surface area (Å²) < 4.78 is 4.70. The number of hydrogen-bond acceptors (Lipinski definition) is 0. The summed E-state index contributed by atoms with van der Waals surface area (Å²) in [6.45, 7) is 8.81. The molecular weight excluding hydrogens is 968 g/mol. The maximum absolute atomic E-state index is 5.29. The van der Waals surface area contributed by atoms with Crippen LogP contribution < -0.4 is 0 Å². The summed E-state index contributed by atoms with van der Waals surface area (Å²) in [6, 6.07) is 76.2. The Morgan fingerprint density at radius 1 is 0.342 bits per heavy atom. The fourth-order valence-electron chi connectivity index (χ4n) is 10.1. The van der Waals surface area contributed by atoms with Crippen molar-refractivity contribution >= 4 is 43.6 Å². The number of fused-ring (bicyclic) bond motifs is 6. The van der Waals surface area contributed by atoms with E-state index in [9.17, 15) is 0 Å². The van der Waals surface area contributed by atoms with Gasteiger partial charge in [0.2, 0.25) is 0 Å². The third kappa shape index (κ3) is 14.5. The molecule has 2 aliphatic carbocycles. The van der Waals surface area contributed by atoms with Gasteiger partial charge in [0, 0.05) is 69.8 Å². The van der Waals surface area contributed by atoms with Gasteiger partial charge >= 0.3 is 0 Å². The molecule has 0 saturated heterocycles. The smallest absolute Gasteiger partial charge is 0.0461 e. The third-order valence-corrected chi connectivity index (χ3v) is 13.8. The van der Waals surface area contributed by atoms with Gasteiger partial charge < -0.3 is 30.4 Å². The van der Waals surface area contributed by atoms with Crippen LogP contribution in [-0.2, 0) is 39.3 Å². The Morgan fingerprint density at radius 3 is 0.877 bits per heavy atom. The maximum Gasteiger partial charge on any atom is 0.0461 e. The number of benzene rings is 8. The van der Waals surface area contributed by atoms with E-state index < -0.39 is 0 Å². The van der Waals surface area contributed by atoms with Crippen LogP contribution in [0.2, 0.25) is 0 Å². The van der Waals surface area contributed by atoms with E-state index in [1.54, 1.807) is 0 Å². The normalized spacial score (nSPS) is 14.7. The van der Waals surface area contributed by atoms with E-state index in [1.165, 1.54) is 119 Å². The van der Waals surface area contributed by atoms with Crippen molar-refractivity contribution in [2.45, 2.75) is 102 Å². The molecule has 8 aromatic carbocycles. The SMILES string of the molecule is [CH2-]c1ccccc1.[CH2-]c1ccccc1.[Zr].c1ccc(C[N-]C([N-]C2CCCCC2)n2c3ccccc3c3ccccc32)cc1.c1ccc(C[N-]C([N-]C2CCCCC2)n2c3ccccc3c3ccccc32)cc1. The van der Waals surface area contributed by atoms with Gasteiger partial charge in [-0.1, -0.05) is 221 Å². The summed E-state index contributed by atoms with van der Waals surface area (Å²) in [6.07, 6.45) is 12.2. The summed E-state index contributed by atoms with van der Waals surface area (Å²) >= 11 is 0. The second-order valence-corrected chi connectivity index (χ2v) is 19.0. The van der Waals surface area contributed by atoms with E-state index in [-0.39, 0.29) is 38.8 Å². The fraction of sp³-hybridized carbons (Fsp3) is 0.242. The molecule has 0 bridgehead atoms. The van der Waals surface area contributed by atoms with Gasteiger partial charge in [-0.3, -0.25) is 0 Å². The quantitative estimate of drug-likeness (QED) is 0.109. The largest absolute Gasteiger partial charge is 0.658 e. The molecule has 2 aromatic heterocycles. The van der Waals surface area contributed by atoms with Crippen molar-refractivity contribution < 1.29 is 26.2 Å². The molecule has 2 unspecified atom stereocenters. The van der Waals surface area contributed by atoms with Gasteiger partial charge in [0.25, 0.3) is 0 Å². The first kappa shape index (κ1) is 53.1. The molecule has 2 fully saturated rings. The molecule has 10 aromatic rings. The molecule has 2 heterocycles. The second kappa shape index (κ2) is 27.8. The average Bonchev–Trinajstić information content (AvgIpc) is 3.96. The van der Waals surface area contributed by atoms with Gasteiger partial charge in [-0.25, -0.2) is 0 Å². The molecule has 0 radical (unpaired) electrons. The first-order valence-corrected chi connectivity index (χ1v) is 26.1. The Hall–Kier alpha value is -6.18. The van der Waals surface area contributed by atoms with Crippen molar-refractivity contribution in [1.82, 2.24) is 9.13 Å². The topological polar surface area (TPSA) is 66.3 Å². The monoisotopic (exact) mass is 1030 g/mol. The molecule has 0 spiro atoms. The molecule has 2 atom stereocenters. The van der Waals surface area contributed by atoms with Crippen LogP contribution in [0.4, 0.5) is 0 Å². The van der Waals surface area contributed by atoms with Gasteiger partial charge in [0.05, 0.1) is 0 Å². The number of aromatic nitrogens is 2. The summed E-state index contributed by atoms with van der Waals surface area (Å²) in [5.74, 6) is 0. The zero-order valence-corrected chi connectivity index (χ0v) is 44.6.